The van der Waals surface area contributed by atoms with Crippen LogP contribution >= 0.6 is 11.6 Å². The van der Waals surface area contributed by atoms with Crippen LogP contribution in [0.5, 0.6) is 5.75 Å². The summed E-state index contributed by atoms with van der Waals surface area (Å²) in [5.41, 5.74) is 4.62. The predicted molar refractivity (Wildman–Crippen MR) is 149 cm³/mol. The first-order valence-electron chi connectivity index (χ1n) is 12.0. The normalized spacial score (nSPS) is 14.4. The van der Waals surface area contributed by atoms with Gasteiger partial charge in [0.05, 0.1) is 18.9 Å². The molecule has 2 amide bonds. The lowest BCUT2D eigenvalue weighted by Crippen LogP contribution is -2.32. The van der Waals surface area contributed by atoms with Gasteiger partial charge in [0.15, 0.2) is 0 Å². The molecule has 0 fully saturated rings. The third kappa shape index (κ3) is 4.99. The molecule has 1 aliphatic heterocycles. The summed E-state index contributed by atoms with van der Waals surface area (Å²) in [7, 11) is 1.59. The van der Waals surface area contributed by atoms with Crippen LogP contribution in [0.1, 0.15) is 34.5 Å². The molecule has 0 bridgehead atoms. The number of anilines is 3. The van der Waals surface area contributed by atoms with E-state index in [1.165, 1.54) is 6.20 Å². The van der Waals surface area contributed by atoms with Gasteiger partial charge in [-0.15, -0.1) is 0 Å². The molecule has 192 valence electrons. The highest BCUT2D eigenvalue weighted by Crippen LogP contribution is 2.38. The highest BCUT2D eigenvalue weighted by atomic mass is 35.5. The average Bonchev–Trinajstić information content (AvgIpc) is 3.33. The standard InChI is InChI=1S/C29H26ClN5O3/c1-17-4-10-21(11-5-17)33-28(36)24-16-31-35-26(19-6-8-20(30)9-7-19)25(18(2)32-27(24)35)29(37)34-22-12-14-23(38-3)15-13-22/h4-16,26,32H,1-3H3,(H,33,36)(H,34,37)/t26-/m1/s1. The molecule has 9 heteroatoms. The molecule has 2 heterocycles. The molecule has 38 heavy (non-hydrogen) atoms. The summed E-state index contributed by atoms with van der Waals surface area (Å²) in [6.07, 6.45) is 1.51. The summed E-state index contributed by atoms with van der Waals surface area (Å²) in [6.45, 7) is 3.79. The van der Waals surface area contributed by atoms with E-state index in [4.69, 9.17) is 16.3 Å². The zero-order valence-corrected chi connectivity index (χ0v) is 21.8. The molecule has 1 aromatic heterocycles. The van der Waals surface area contributed by atoms with Crippen LogP contribution in [0.15, 0.2) is 90.3 Å². The van der Waals surface area contributed by atoms with Crippen molar-refractivity contribution in [3.05, 3.63) is 112 Å². The topological polar surface area (TPSA) is 97.3 Å². The Morgan fingerprint density at radius 1 is 0.895 bits per heavy atom. The first-order valence-corrected chi connectivity index (χ1v) is 12.4. The molecule has 0 spiro atoms. The van der Waals surface area contributed by atoms with Crippen LogP contribution < -0.4 is 20.7 Å². The van der Waals surface area contributed by atoms with E-state index in [-0.39, 0.29) is 11.8 Å². The van der Waals surface area contributed by atoms with Crippen LogP contribution in [-0.2, 0) is 4.79 Å². The van der Waals surface area contributed by atoms with Crippen LogP contribution in [0, 0.1) is 6.92 Å². The molecule has 0 saturated carbocycles. The third-order valence-electron chi connectivity index (χ3n) is 6.36. The minimum atomic E-state index is -0.595. The number of ether oxygens (including phenoxy) is 1. The van der Waals surface area contributed by atoms with Crippen LogP contribution in [0.25, 0.3) is 0 Å². The highest BCUT2D eigenvalue weighted by Gasteiger charge is 2.35. The first kappa shape index (κ1) is 25.1. The molecule has 1 aliphatic rings. The maximum absolute atomic E-state index is 13.6. The number of allylic oxidation sites excluding steroid dienone is 1. The lowest BCUT2D eigenvalue weighted by Gasteiger charge is -2.30. The van der Waals surface area contributed by atoms with E-state index in [9.17, 15) is 9.59 Å². The van der Waals surface area contributed by atoms with Gasteiger partial charge in [0, 0.05) is 22.1 Å². The molecule has 0 saturated heterocycles. The number of aromatic nitrogens is 2. The second-order valence-corrected chi connectivity index (χ2v) is 9.41. The van der Waals surface area contributed by atoms with Gasteiger partial charge in [0.2, 0.25) is 0 Å². The summed E-state index contributed by atoms with van der Waals surface area (Å²) in [6, 6.07) is 21.3. The van der Waals surface area contributed by atoms with E-state index in [0.717, 1.165) is 11.1 Å². The second kappa shape index (κ2) is 10.4. The van der Waals surface area contributed by atoms with Gasteiger partial charge in [-0.05, 0) is 67.9 Å². The van der Waals surface area contributed by atoms with E-state index in [0.29, 0.717) is 44.8 Å². The Balaban J connectivity index is 1.51. The number of hydrogen-bond acceptors (Lipinski definition) is 5. The molecular weight excluding hydrogens is 502 g/mol. The number of nitrogens with zero attached hydrogens (tertiary/aromatic N) is 2. The van der Waals surface area contributed by atoms with Gasteiger partial charge >= 0.3 is 0 Å². The van der Waals surface area contributed by atoms with Crippen molar-refractivity contribution in [3.63, 3.8) is 0 Å². The Morgan fingerprint density at radius 3 is 2.13 bits per heavy atom. The van der Waals surface area contributed by atoms with Crippen LogP contribution in [-0.4, -0.2) is 28.7 Å². The van der Waals surface area contributed by atoms with Gasteiger partial charge in [-0.25, -0.2) is 4.68 Å². The molecule has 1 atom stereocenters. The smallest absolute Gasteiger partial charge is 0.261 e. The number of amides is 2. The number of halogens is 1. The molecule has 3 aromatic carbocycles. The number of benzene rings is 3. The van der Waals surface area contributed by atoms with Gasteiger partial charge in [-0.3, -0.25) is 9.59 Å². The van der Waals surface area contributed by atoms with Crippen molar-refractivity contribution in [2.75, 3.05) is 23.1 Å². The fourth-order valence-electron chi connectivity index (χ4n) is 4.38. The van der Waals surface area contributed by atoms with E-state index in [2.05, 4.69) is 21.0 Å². The van der Waals surface area contributed by atoms with E-state index >= 15 is 0 Å². The van der Waals surface area contributed by atoms with E-state index < -0.39 is 6.04 Å². The molecular formula is C29H26ClN5O3. The maximum Gasteiger partial charge on any atom is 0.261 e. The number of fused-ring (bicyclic) bond motifs is 1. The number of rotatable bonds is 6. The molecule has 0 aliphatic carbocycles. The Labute approximate surface area is 225 Å². The third-order valence-corrected chi connectivity index (χ3v) is 6.61. The number of nitrogens with one attached hydrogen (secondary N) is 3. The molecule has 5 rings (SSSR count). The van der Waals surface area contributed by atoms with Crippen molar-refractivity contribution < 1.29 is 14.3 Å². The van der Waals surface area contributed by atoms with Gasteiger partial charge in [-0.2, -0.15) is 5.10 Å². The summed E-state index contributed by atoms with van der Waals surface area (Å²) < 4.78 is 6.86. The van der Waals surface area contributed by atoms with Crippen molar-refractivity contribution in [1.29, 1.82) is 0 Å². The van der Waals surface area contributed by atoms with Gasteiger partial charge < -0.3 is 20.7 Å². The first-order chi connectivity index (χ1) is 18.3. The van der Waals surface area contributed by atoms with Crippen molar-refractivity contribution in [2.45, 2.75) is 19.9 Å². The summed E-state index contributed by atoms with van der Waals surface area (Å²) in [5.74, 6) is 0.575. The average molecular weight is 528 g/mol. The zero-order valence-electron chi connectivity index (χ0n) is 21.1. The molecule has 0 unspecified atom stereocenters. The largest absolute Gasteiger partial charge is 0.497 e. The van der Waals surface area contributed by atoms with Crippen molar-refractivity contribution >= 4 is 40.6 Å². The van der Waals surface area contributed by atoms with E-state index in [1.807, 2.05) is 50.2 Å². The number of hydrogen-bond donors (Lipinski definition) is 3. The monoisotopic (exact) mass is 527 g/mol. The summed E-state index contributed by atoms with van der Waals surface area (Å²) in [4.78, 5) is 26.8. The fourth-order valence-corrected chi connectivity index (χ4v) is 4.50. The lowest BCUT2D eigenvalue weighted by atomic mass is 9.94. The Morgan fingerprint density at radius 2 is 1.50 bits per heavy atom. The molecule has 4 aromatic rings. The SMILES string of the molecule is COc1ccc(NC(=O)C2=C(C)Nc3c(C(=O)Nc4ccc(C)cc4)cnn3[C@@H]2c2ccc(Cl)cc2)cc1. The summed E-state index contributed by atoms with van der Waals surface area (Å²) >= 11 is 6.15. The molecule has 3 N–H and O–H groups in total. The molecule has 0 radical (unpaired) electrons. The molecule has 8 nitrogen and oxygen atoms in total. The van der Waals surface area contributed by atoms with Crippen molar-refractivity contribution in [2.24, 2.45) is 0 Å². The van der Waals surface area contributed by atoms with Gasteiger partial charge in [-0.1, -0.05) is 41.4 Å². The van der Waals surface area contributed by atoms with Crippen LogP contribution in [0.2, 0.25) is 5.02 Å². The minimum absolute atomic E-state index is 0.299. The lowest BCUT2D eigenvalue weighted by molar-refractivity contribution is -0.113. The Hall–Kier alpha value is -4.56. The maximum atomic E-state index is 13.6. The summed E-state index contributed by atoms with van der Waals surface area (Å²) in [5, 5.41) is 14.2. The second-order valence-electron chi connectivity index (χ2n) is 8.97. The van der Waals surface area contributed by atoms with Crippen molar-refractivity contribution in [3.8, 4) is 5.75 Å². The van der Waals surface area contributed by atoms with Crippen molar-refractivity contribution in [1.82, 2.24) is 9.78 Å². The van der Waals surface area contributed by atoms with Gasteiger partial charge in [0.25, 0.3) is 11.8 Å². The van der Waals surface area contributed by atoms with Crippen LogP contribution in [0.4, 0.5) is 17.2 Å². The predicted octanol–water partition coefficient (Wildman–Crippen LogP) is 6.03. The number of methoxy groups -OCH3 is 1. The van der Waals surface area contributed by atoms with E-state index in [1.54, 1.807) is 48.2 Å². The number of aryl methyl sites for hydroxylation is 1. The highest BCUT2D eigenvalue weighted by molar-refractivity contribution is 6.30. The van der Waals surface area contributed by atoms with Gasteiger partial charge in [0.1, 0.15) is 23.2 Å². The number of carbonyl (C=O) groups excluding carboxylic acids is 2. The quantitative estimate of drug-likeness (QED) is 0.284. The zero-order chi connectivity index (χ0) is 26.8. The fraction of sp³-hybridized carbons (Fsp3) is 0.138. The Kier molecular flexibility index (Phi) is 6.89. The minimum Gasteiger partial charge on any atom is -0.497 e. The number of carbonyl (C=O) groups is 2. The van der Waals surface area contributed by atoms with Crippen LogP contribution in [0.3, 0.4) is 0 Å². The Bertz CT molecular complexity index is 1520.